The maximum absolute atomic E-state index is 12.1. The summed E-state index contributed by atoms with van der Waals surface area (Å²) in [7, 11) is 0. The van der Waals surface area contributed by atoms with Crippen molar-refractivity contribution in [2.45, 2.75) is 31.7 Å². The summed E-state index contributed by atoms with van der Waals surface area (Å²) in [5.41, 5.74) is 0.489. The van der Waals surface area contributed by atoms with Crippen LogP contribution in [0.25, 0.3) is 0 Å². The summed E-state index contributed by atoms with van der Waals surface area (Å²) in [4.78, 5) is 16.0. The first-order valence-electron chi connectivity index (χ1n) is 6.26. The first-order valence-corrected chi connectivity index (χ1v) is 7.01. The molecule has 2 aliphatic rings. The molecule has 1 aromatic rings. The zero-order valence-electron chi connectivity index (χ0n) is 9.83. The van der Waals surface area contributed by atoms with E-state index in [1.165, 1.54) is 19.3 Å². The van der Waals surface area contributed by atoms with Crippen molar-refractivity contribution in [1.82, 2.24) is 10.3 Å². The second kappa shape index (κ2) is 4.71. The smallest absolute Gasteiger partial charge is 0.251 e. The molecule has 0 spiro atoms. The summed E-state index contributed by atoms with van der Waals surface area (Å²) in [6, 6.07) is 3.42. The Balaban J connectivity index is 1.71. The number of rotatable bonds is 2. The van der Waals surface area contributed by atoms with Crippen LogP contribution in [-0.2, 0) is 0 Å². The van der Waals surface area contributed by atoms with Crippen molar-refractivity contribution >= 4 is 29.1 Å². The molecule has 1 aromatic heterocycles. The molecule has 0 aromatic carbocycles. The Morgan fingerprint density at radius 1 is 1.22 bits per heavy atom. The van der Waals surface area contributed by atoms with Crippen molar-refractivity contribution in [3.8, 4) is 0 Å². The standard InChI is InChI=1S/C13H14Cl2N2O/c14-11-5-9(6-12(15)17-11)13(18)16-10-4-7-1-2-8(10)3-7/h5-8,10H,1-4H2,(H,16,18). The van der Waals surface area contributed by atoms with E-state index in [-0.39, 0.29) is 16.2 Å². The van der Waals surface area contributed by atoms with Crippen LogP contribution in [0.5, 0.6) is 0 Å². The van der Waals surface area contributed by atoms with Crippen LogP contribution in [0, 0.1) is 11.8 Å². The van der Waals surface area contributed by atoms with Crippen molar-refractivity contribution in [2.75, 3.05) is 0 Å². The Hall–Kier alpha value is -0.800. The van der Waals surface area contributed by atoms with E-state index in [1.54, 1.807) is 12.1 Å². The van der Waals surface area contributed by atoms with E-state index >= 15 is 0 Å². The predicted octanol–water partition coefficient (Wildman–Crippen LogP) is 3.31. The van der Waals surface area contributed by atoms with Crippen LogP contribution in [0.4, 0.5) is 0 Å². The molecule has 0 radical (unpaired) electrons. The van der Waals surface area contributed by atoms with Gasteiger partial charge in [-0.25, -0.2) is 4.98 Å². The number of hydrogen-bond donors (Lipinski definition) is 1. The molecule has 96 valence electrons. The van der Waals surface area contributed by atoms with Gasteiger partial charge in [0.1, 0.15) is 10.3 Å². The SMILES string of the molecule is O=C(NC1CC2CCC1C2)c1cc(Cl)nc(Cl)c1. The number of amides is 1. The summed E-state index contributed by atoms with van der Waals surface area (Å²) < 4.78 is 0. The number of carbonyl (C=O) groups is 1. The van der Waals surface area contributed by atoms with E-state index in [0.717, 1.165) is 12.3 Å². The molecule has 3 rings (SSSR count). The molecule has 2 bridgehead atoms. The van der Waals surface area contributed by atoms with Crippen LogP contribution >= 0.6 is 23.2 Å². The third kappa shape index (κ3) is 2.34. The monoisotopic (exact) mass is 284 g/mol. The van der Waals surface area contributed by atoms with Crippen molar-refractivity contribution in [3.05, 3.63) is 28.0 Å². The van der Waals surface area contributed by atoms with Gasteiger partial charge in [-0.3, -0.25) is 4.79 Å². The number of halogens is 2. The number of carbonyl (C=O) groups excluding carboxylic acids is 1. The minimum atomic E-state index is -0.0984. The van der Waals surface area contributed by atoms with E-state index in [4.69, 9.17) is 23.2 Å². The largest absolute Gasteiger partial charge is 0.349 e. The second-order valence-electron chi connectivity index (χ2n) is 5.26. The average molecular weight is 285 g/mol. The lowest BCUT2D eigenvalue weighted by atomic mass is 9.95. The van der Waals surface area contributed by atoms with Crippen LogP contribution < -0.4 is 5.32 Å². The fourth-order valence-corrected chi connectivity index (χ4v) is 3.73. The van der Waals surface area contributed by atoms with E-state index in [2.05, 4.69) is 10.3 Å². The molecule has 1 amide bonds. The third-order valence-electron chi connectivity index (χ3n) is 4.08. The zero-order chi connectivity index (χ0) is 12.7. The van der Waals surface area contributed by atoms with Gasteiger partial charge in [-0.1, -0.05) is 29.6 Å². The number of fused-ring (bicyclic) bond motifs is 2. The van der Waals surface area contributed by atoms with E-state index in [1.807, 2.05) is 0 Å². The van der Waals surface area contributed by atoms with Gasteiger partial charge >= 0.3 is 0 Å². The molecule has 1 heterocycles. The molecule has 2 saturated carbocycles. The van der Waals surface area contributed by atoms with Gasteiger partial charge in [0.25, 0.3) is 5.91 Å². The van der Waals surface area contributed by atoms with E-state index in [9.17, 15) is 4.79 Å². The van der Waals surface area contributed by atoms with Gasteiger partial charge in [-0.2, -0.15) is 0 Å². The minimum Gasteiger partial charge on any atom is -0.349 e. The molecule has 3 nitrogen and oxygen atoms in total. The number of hydrogen-bond acceptors (Lipinski definition) is 2. The lowest BCUT2D eigenvalue weighted by Crippen LogP contribution is -2.38. The van der Waals surface area contributed by atoms with Crippen LogP contribution in [-0.4, -0.2) is 16.9 Å². The first kappa shape index (κ1) is 12.2. The van der Waals surface area contributed by atoms with Crippen LogP contribution in [0.3, 0.4) is 0 Å². The average Bonchev–Trinajstić information content (AvgIpc) is 2.89. The van der Waals surface area contributed by atoms with Crippen molar-refractivity contribution < 1.29 is 4.79 Å². The highest BCUT2D eigenvalue weighted by atomic mass is 35.5. The molecule has 5 heteroatoms. The van der Waals surface area contributed by atoms with Gasteiger partial charge < -0.3 is 5.32 Å². The lowest BCUT2D eigenvalue weighted by Gasteiger charge is -2.22. The minimum absolute atomic E-state index is 0.0984. The van der Waals surface area contributed by atoms with Gasteiger partial charge in [0.2, 0.25) is 0 Å². The first-order chi connectivity index (χ1) is 8.61. The number of nitrogens with one attached hydrogen (secondary N) is 1. The van der Waals surface area contributed by atoms with Crippen LogP contribution in [0.15, 0.2) is 12.1 Å². The molecule has 1 N–H and O–H groups in total. The molecule has 0 saturated heterocycles. The predicted molar refractivity (Wildman–Crippen MR) is 71.0 cm³/mol. The Morgan fingerprint density at radius 3 is 2.50 bits per heavy atom. The zero-order valence-corrected chi connectivity index (χ0v) is 11.3. The van der Waals surface area contributed by atoms with Crippen molar-refractivity contribution in [3.63, 3.8) is 0 Å². The lowest BCUT2D eigenvalue weighted by molar-refractivity contribution is 0.0923. The van der Waals surface area contributed by atoms with E-state index < -0.39 is 0 Å². The molecule has 2 aliphatic carbocycles. The highest BCUT2D eigenvalue weighted by molar-refractivity contribution is 6.33. The number of pyridine rings is 1. The Morgan fingerprint density at radius 2 is 1.94 bits per heavy atom. The van der Waals surface area contributed by atoms with Gasteiger partial charge in [-0.15, -0.1) is 0 Å². The summed E-state index contributed by atoms with van der Waals surface area (Å²) in [6.45, 7) is 0. The highest BCUT2D eigenvalue weighted by Gasteiger charge is 2.40. The molecule has 0 aliphatic heterocycles. The van der Waals surface area contributed by atoms with Crippen molar-refractivity contribution in [1.29, 1.82) is 0 Å². The number of aromatic nitrogens is 1. The van der Waals surface area contributed by atoms with Crippen LogP contribution in [0.2, 0.25) is 10.3 Å². The molecule has 2 fully saturated rings. The maximum atomic E-state index is 12.1. The maximum Gasteiger partial charge on any atom is 0.251 e. The summed E-state index contributed by atoms with van der Waals surface area (Å²) >= 11 is 11.6. The second-order valence-corrected chi connectivity index (χ2v) is 6.03. The third-order valence-corrected chi connectivity index (χ3v) is 4.47. The summed E-state index contributed by atoms with van der Waals surface area (Å²) in [6.07, 6.45) is 4.95. The van der Waals surface area contributed by atoms with Gasteiger partial charge in [0.15, 0.2) is 0 Å². The Kier molecular flexibility index (Phi) is 3.20. The van der Waals surface area contributed by atoms with Gasteiger partial charge in [0.05, 0.1) is 0 Å². The summed E-state index contributed by atoms with van der Waals surface area (Å²) in [5.74, 6) is 1.37. The fraction of sp³-hybridized carbons (Fsp3) is 0.538. The highest BCUT2D eigenvalue weighted by Crippen LogP contribution is 2.44. The molecule has 18 heavy (non-hydrogen) atoms. The number of nitrogens with zero attached hydrogens (tertiary/aromatic N) is 1. The molecule has 3 atom stereocenters. The summed E-state index contributed by atoms with van der Waals surface area (Å²) in [5, 5.41) is 3.60. The Bertz CT molecular complexity index is 472. The topological polar surface area (TPSA) is 42.0 Å². The quantitative estimate of drug-likeness (QED) is 0.847. The van der Waals surface area contributed by atoms with Gasteiger partial charge in [-0.05, 0) is 43.2 Å². The molecular weight excluding hydrogens is 271 g/mol. The van der Waals surface area contributed by atoms with Crippen molar-refractivity contribution in [2.24, 2.45) is 11.8 Å². The Labute approximate surface area is 116 Å². The van der Waals surface area contributed by atoms with Gasteiger partial charge in [0, 0.05) is 11.6 Å². The molecule has 3 unspecified atom stereocenters. The van der Waals surface area contributed by atoms with E-state index in [0.29, 0.717) is 17.5 Å². The molecular formula is C13H14Cl2N2O. The normalized spacial score (nSPS) is 29.6. The fourth-order valence-electron chi connectivity index (χ4n) is 3.27. The van der Waals surface area contributed by atoms with Crippen LogP contribution in [0.1, 0.15) is 36.0 Å².